The Balaban J connectivity index is 1.71. The molecule has 0 radical (unpaired) electrons. The molecule has 1 heterocycles. The lowest BCUT2D eigenvalue weighted by molar-refractivity contribution is 0.0505. The molecule has 0 bridgehead atoms. The van der Waals surface area contributed by atoms with Crippen LogP contribution in [0.15, 0.2) is 48.5 Å². The highest BCUT2D eigenvalue weighted by molar-refractivity contribution is 7.17. The Morgan fingerprint density at radius 1 is 1.11 bits per heavy atom. The van der Waals surface area contributed by atoms with Gasteiger partial charge >= 0.3 is 5.97 Å². The van der Waals surface area contributed by atoms with E-state index in [1.165, 1.54) is 23.5 Å². The number of aryl methyl sites for hydroxylation is 1. The maximum atomic E-state index is 13.1. The minimum atomic E-state index is -0.387. The largest absolute Gasteiger partial charge is 0.462 e. The highest BCUT2D eigenvalue weighted by Crippen LogP contribution is 2.28. The minimum absolute atomic E-state index is 0.287. The average Bonchev–Trinajstić information content (AvgIpc) is 3.09. The van der Waals surface area contributed by atoms with Crippen LogP contribution >= 0.6 is 11.3 Å². The van der Waals surface area contributed by atoms with Crippen molar-refractivity contribution in [3.05, 3.63) is 70.5 Å². The van der Waals surface area contributed by atoms with Gasteiger partial charge in [-0.2, -0.15) is 0 Å². The fourth-order valence-electron chi connectivity index (χ4n) is 2.48. The normalized spacial score (nSPS) is 10.5. The summed E-state index contributed by atoms with van der Waals surface area (Å²) >= 11 is 1.24. The first kappa shape index (κ1) is 19.7. The molecule has 0 unspecified atom stereocenters. The molecular formula is C21H19FN2O3S. The van der Waals surface area contributed by atoms with Crippen molar-refractivity contribution >= 4 is 28.9 Å². The topological polar surface area (TPSA) is 68.3 Å². The molecule has 0 atom stereocenters. The van der Waals surface area contributed by atoms with Gasteiger partial charge < -0.3 is 10.1 Å². The molecule has 0 spiro atoms. The van der Waals surface area contributed by atoms with Crippen LogP contribution < -0.4 is 5.32 Å². The Labute approximate surface area is 166 Å². The van der Waals surface area contributed by atoms with Crippen LogP contribution in [-0.4, -0.2) is 23.5 Å². The van der Waals surface area contributed by atoms with E-state index < -0.39 is 0 Å². The van der Waals surface area contributed by atoms with Gasteiger partial charge in [0.1, 0.15) is 15.7 Å². The SMILES string of the molecule is CCCOC(=O)c1ccc(NC(=O)c2sc(-c3ccc(F)cc3)nc2C)cc1. The summed E-state index contributed by atoms with van der Waals surface area (Å²) < 4.78 is 18.2. The third-order valence-electron chi connectivity index (χ3n) is 3.91. The monoisotopic (exact) mass is 398 g/mol. The zero-order chi connectivity index (χ0) is 20.1. The number of carbonyl (C=O) groups is 2. The Morgan fingerprint density at radius 3 is 2.43 bits per heavy atom. The number of hydrogen-bond donors (Lipinski definition) is 1. The molecule has 3 rings (SSSR count). The molecule has 28 heavy (non-hydrogen) atoms. The fraction of sp³-hybridized carbons (Fsp3) is 0.190. The summed E-state index contributed by atoms with van der Waals surface area (Å²) in [7, 11) is 0. The van der Waals surface area contributed by atoms with Crippen LogP contribution in [-0.2, 0) is 4.74 Å². The van der Waals surface area contributed by atoms with Gasteiger partial charge in [-0.1, -0.05) is 6.92 Å². The van der Waals surface area contributed by atoms with E-state index in [0.29, 0.717) is 33.4 Å². The summed E-state index contributed by atoms with van der Waals surface area (Å²) in [4.78, 5) is 29.3. The number of hydrogen-bond acceptors (Lipinski definition) is 5. The van der Waals surface area contributed by atoms with Crippen LogP contribution in [0.4, 0.5) is 10.1 Å². The number of ether oxygens (including phenoxy) is 1. The smallest absolute Gasteiger partial charge is 0.338 e. The molecule has 0 saturated heterocycles. The number of anilines is 1. The first-order valence-electron chi connectivity index (χ1n) is 8.80. The van der Waals surface area contributed by atoms with Crippen LogP contribution in [0.3, 0.4) is 0 Å². The zero-order valence-electron chi connectivity index (χ0n) is 15.5. The van der Waals surface area contributed by atoms with Crippen LogP contribution in [0.1, 0.15) is 39.1 Å². The van der Waals surface area contributed by atoms with Gasteiger partial charge in [-0.05, 0) is 61.9 Å². The molecule has 1 N–H and O–H groups in total. The van der Waals surface area contributed by atoms with E-state index in [-0.39, 0.29) is 17.7 Å². The second-order valence-corrected chi connectivity index (χ2v) is 7.11. The Hall–Kier alpha value is -3.06. The van der Waals surface area contributed by atoms with Gasteiger partial charge in [-0.3, -0.25) is 4.79 Å². The van der Waals surface area contributed by atoms with E-state index in [9.17, 15) is 14.0 Å². The van der Waals surface area contributed by atoms with E-state index >= 15 is 0 Å². The second-order valence-electron chi connectivity index (χ2n) is 6.11. The van der Waals surface area contributed by atoms with E-state index in [2.05, 4.69) is 10.3 Å². The first-order chi connectivity index (χ1) is 13.5. The molecule has 144 valence electrons. The average molecular weight is 398 g/mol. The van der Waals surface area contributed by atoms with Crippen molar-refractivity contribution in [3.8, 4) is 10.6 Å². The van der Waals surface area contributed by atoms with Crippen LogP contribution in [0.2, 0.25) is 0 Å². The van der Waals surface area contributed by atoms with Crippen molar-refractivity contribution in [2.24, 2.45) is 0 Å². The number of amides is 1. The van der Waals surface area contributed by atoms with E-state index in [1.807, 2.05) is 6.92 Å². The predicted molar refractivity (Wildman–Crippen MR) is 107 cm³/mol. The van der Waals surface area contributed by atoms with Crippen molar-refractivity contribution < 1.29 is 18.7 Å². The summed E-state index contributed by atoms with van der Waals surface area (Å²) in [5, 5.41) is 3.45. The van der Waals surface area contributed by atoms with Gasteiger partial charge in [0.2, 0.25) is 0 Å². The molecular weight excluding hydrogens is 379 g/mol. The molecule has 1 amide bonds. The third kappa shape index (κ3) is 4.61. The summed E-state index contributed by atoms with van der Waals surface area (Å²) in [5.74, 6) is -0.997. The van der Waals surface area contributed by atoms with E-state index in [0.717, 1.165) is 12.0 Å². The van der Waals surface area contributed by atoms with Crippen LogP contribution in [0, 0.1) is 12.7 Å². The van der Waals surface area contributed by atoms with Gasteiger partial charge in [-0.15, -0.1) is 11.3 Å². The van der Waals surface area contributed by atoms with Crippen molar-refractivity contribution in [1.29, 1.82) is 0 Å². The lowest BCUT2D eigenvalue weighted by Gasteiger charge is -2.06. The zero-order valence-corrected chi connectivity index (χ0v) is 16.3. The van der Waals surface area contributed by atoms with Crippen LogP contribution in [0.5, 0.6) is 0 Å². The van der Waals surface area contributed by atoms with Gasteiger partial charge in [0.15, 0.2) is 0 Å². The molecule has 0 aliphatic heterocycles. The Morgan fingerprint density at radius 2 is 1.79 bits per heavy atom. The molecule has 0 aliphatic carbocycles. The lowest BCUT2D eigenvalue weighted by Crippen LogP contribution is -2.12. The van der Waals surface area contributed by atoms with Crippen molar-refractivity contribution in [2.45, 2.75) is 20.3 Å². The number of esters is 1. The number of nitrogens with one attached hydrogen (secondary N) is 1. The molecule has 7 heteroatoms. The standard InChI is InChI=1S/C21H19FN2O3S/c1-3-12-27-21(26)15-6-10-17(11-7-15)24-19(25)18-13(2)23-20(28-18)14-4-8-16(22)9-5-14/h4-11H,3,12H2,1-2H3,(H,24,25). The maximum absolute atomic E-state index is 13.1. The van der Waals surface area contributed by atoms with Crippen LogP contribution in [0.25, 0.3) is 10.6 Å². The van der Waals surface area contributed by atoms with Gasteiger partial charge in [0, 0.05) is 11.3 Å². The van der Waals surface area contributed by atoms with Gasteiger partial charge in [-0.25, -0.2) is 14.2 Å². The number of halogens is 1. The molecule has 1 aromatic heterocycles. The van der Waals surface area contributed by atoms with Gasteiger partial charge in [0.25, 0.3) is 5.91 Å². The van der Waals surface area contributed by atoms with Crippen molar-refractivity contribution in [3.63, 3.8) is 0 Å². The highest BCUT2D eigenvalue weighted by atomic mass is 32.1. The second kappa shape index (κ2) is 8.75. The highest BCUT2D eigenvalue weighted by Gasteiger charge is 2.17. The molecule has 0 saturated carbocycles. The molecule has 0 fully saturated rings. The molecule has 5 nitrogen and oxygen atoms in total. The summed E-state index contributed by atoms with van der Waals surface area (Å²) in [6.07, 6.45) is 0.758. The fourth-order valence-corrected chi connectivity index (χ4v) is 3.45. The van der Waals surface area contributed by atoms with Crippen molar-refractivity contribution in [1.82, 2.24) is 4.98 Å². The predicted octanol–water partition coefficient (Wildman–Crippen LogP) is 5.08. The maximum Gasteiger partial charge on any atom is 0.338 e. The quantitative estimate of drug-likeness (QED) is 0.588. The number of thiazole rings is 1. The summed E-state index contributed by atoms with van der Waals surface area (Å²) in [6, 6.07) is 12.5. The summed E-state index contributed by atoms with van der Waals surface area (Å²) in [5.41, 5.74) is 2.34. The lowest BCUT2D eigenvalue weighted by atomic mass is 10.2. The summed E-state index contributed by atoms with van der Waals surface area (Å²) in [6.45, 7) is 4.05. The Kier molecular flexibility index (Phi) is 6.16. The van der Waals surface area contributed by atoms with E-state index in [4.69, 9.17) is 4.74 Å². The number of nitrogens with zero attached hydrogens (tertiary/aromatic N) is 1. The minimum Gasteiger partial charge on any atom is -0.462 e. The molecule has 0 aliphatic rings. The first-order valence-corrected chi connectivity index (χ1v) is 9.61. The number of aromatic nitrogens is 1. The Bertz CT molecular complexity index is 982. The third-order valence-corrected chi connectivity index (χ3v) is 5.12. The number of rotatable bonds is 6. The number of carbonyl (C=O) groups excluding carboxylic acids is 2. The van der Waals surface area contributed by atoms with Crippen molar-refractivity contribution in [2.75, 3.05) is 11.9 Å². The molecule has 3 aromatic rings. The van der Waals surface area contributed by atoms with E-state index in [1.54, 1.807) is 43.3 Å². The molecule has 2 aromatic carbocycles. The van der Waals surface area contributed by atoms with Gasteiger partial charge in [0.05, 0.1) is 17.9 Å². The number of benzene rings is 2.